The summed E-state index contributed by atoms with van der Waals surface area (Å²) in [5, 5.41) is 6.57. The van der Waals surface area contributed by atoms with Crippen molar-refractivity contribution in [3.63, 3.8) is 0 Å². The van der Waals surface area contributed by atoms with Gasteiger partial charge in [0.25, 0.3) is 0 Å². The number of amides is 2. The minimum Gasteiger partial charge on any atom is -0.357 e. The molecule has 2 bridgehead atoms. The molecule has 30 heavy (non-hydrogen) atoms. The van der Waals surface area contributed by atoms with E-state index in [1.165, 1.54) is 37.0 Å². The Bertz CT molecular complexity index is 670. The molecule has 1 saturated heterocycles. The molecule has 3 aliphatic carbocycles. The number of guanidine groups is 1. The number of likely N-dealkylation sites (tertiary alicyclic amines) is 1. The molecule has 4 rings (SSSR count). The van der Waals surface area contributed by atoms with Crippen LogP contribution in [0.2, 0.25) is 0 Å². The van der Waals surface area contributed by atoms with Gasteiger partial charge >= 0.3 is 0 Å². The zero-order valence-electron chi connectivity index (χ0n) is 18.5. The van der Waals surface area contributed by atoms with Crippen LogP contribution in [-0.2, 0) is 9.59 Å². The van der Waals surface area contributed by atoms with Crippen molar-refractivity contribution >= 4 is 17.8 Å². The lowest BCUT2D eigenvalue weighted by Crippen LogP contribution is -2.44. The second kappa shape index (κ2) is 9.50. The molecule has 4 unspecified atom stereocenters. The standard InChI is InChI=1S/C23H37N5O2/c1-3-24-23(25-11-13-27(2)18-7-5-4-6-8-18)26-12-14-28-21(29)19-16-9-10-17(15-16)20(19)22(28)30/h9-10,16-20H,3-8,11-15H2,1-2H3,(H2,24,25,26). The van der Waals surface area contributed by atoms with Crippen LogP contribution in [0, 0.1) is 23.7 Å². The lowest BCUT2D eigenvalue weighted by atomic mass is 9.85. The van der Waals surface area contributed by atoms with Crippen LogP contribution in [0.1, 0.15) is 45.4 Å². The van der Waals surface area contributed by atoms with Crippen molar-refractivity contribution < 1.29 is 9.59 Å². The SMILES string of the molecule is CCNC(=NCCN(C)C1CCCCC1)NCCN1C(=O)C2C3C=CC(C3)C2C1=O. The molecule has 0 radical (unpaired) electrons. The molecule has 0 aromatic rings. The molecule has 2 N–H and O–H groups in total. The normalized spacial score (nSPS) is 31.2. The topological polar surface area (TPSA) is 77.0 Å². The molecule has 2 amide bonds. The first kappa shape index (κ1) is 21.3. The van der Waals surface area contributed by atoms with Gasteiger partial charge in [-0.1, -0.05) is 31.4 Å². The van der Waals surface area contributed by atoms with Crippen LogP contribution in [0.4, 0.5) is 0 Å². The molecule has 0 aromatic heterocycles. The molecular weight excluding hydrogens is 378 g/mol. The van der Waals surface area contributed by atoms with Gasteiger partial charge in [0.1, 0.15) is 0 Å². The van der Waals surface area contributed by atoms with E-state index in [4.69, 9.17) is 4.99 Å². The van der Waals surface area contributed by atoms with Gasteiger partial charge in [0.15, 0.2) is 5.96 Å². The summed E-state index contributed by atoms with van der Waals surface area (Å²) in [6.07, 6.45) is 11.9. The van der Waals surface area contributed by atoms with Crippen LogP contribution in [0.25, 0.3) is 0 Å². The average Bonchev–Trinajstić information content (AvgIpc) is 3.44. The number of likely N-dealkylation sites (N-methyl/N-ethyl adjacent to an activating group) is 1. The lowest BCUT2D eigenvalue weighted by molar-refractivity contribution is -0.140. The van der Waals surface area contributed by atoms with Crippen molar-refractivity contribution in [2.24, 2.45) is 28.7 Å². The fourth-order valence-corrected chi connectivity index (χ4v) is 5.84. The summed E-state index contributed by atoms with van der Waals surface area (Å²) in [7, 11) is 2.20. The first-order chi connectivity index (χ1) is 14.6. The summed E-state index contributed by atoms with van der Waals surface area (Å²) in [5.41, 5.74) is 0. The highest BCUT2D eigenvalue weighted by molar-refractivity contribution is 6.06. The Morgan fingerprint density at radius 3 is 2.40 bits per heavy atom. The Morgan fingerprint density at radius 1 is 1.10 bits per heavy atom. The monoisotopic (exact) mass is 415 g/mol. The second-order valence-electron chi connectivity index (χ2n) is 9.29. The zero-order chi connectivity index (χ0) is 21.1. The predicted molar refractivity (Wildman–Crippen MR) is 118 cm³/mol. The van der Waals surface area contributed by atoms with Gasteiger partial charge in [-0.2, -0.15) is 0 Å². The van der Waals surface area contributed by atoms with E-state index in [1.807, 2.05) is 6.92 Å². The van der Waals surface area contributed by atoms with E-state index >= 15 is 0 Å². The van der Waals surface area contributed by atoms with Gasteiger partial charge in [0, 0.05) is 32.2 Å². The van der Waals surface area contributed by atoms with Gasteiger partial charge in [-0.15, -0.1) is 0 Å². The highest BCUT2D eigenvalue weighted by Gasteiger charge is 2.58. The molecule has 2 saturated carbocycles. The lowest BCUT2D eigenvalue weighted by Gasteiger charge is -2.30. The van der Waals surface area contributed by atoms with Crippen LogP contribution in [-0.4, -0.2) is 73.4 Å². The number of imide groups is 1. The number of fused-ring (bicyclic) bond motifs is 5. The van der Waals surface area contributed by atoms with E-state index in [0.29, 0.717) is 19.1 Å². The molecule has 0 spiro atoms. The summed E-state index contributed by atoms with van der Waals surface area (Å²) >= 11 is 0. The van der Waals surface area contributed by atoms with E-state index < -0.39 is 0 Å². The van der Waals surface area contributed by atoms with Crippen LogP contribution in [0.15, 0.2) is 17.1 Å². The molecule has 1 heterocycles. The molecule has 4 aliphatic rings. The Morgan fingerprint density at radius 2 is 1.77 bits per heavy atom. The number of hydrogen-bond donors (Lipinski definition) is 2. The zero-order valence-corrected chi connectivity index (χ0v) is 18.5. The molecule has 3 fully saturated rings. The summed E-state index contributed by atoms with van der Waals surface area (Å²) in [6, 6.07) is 0.695. The Balaban J connectivity index is 1.23. The molecule has 1 aliphatic heterocycles. The Labute approximate surface area is 180 Å². The second-order valence-corrected chi connectivity index (χ2v) is 9.29. The smallest absolute Gasteiger partial charge is 0.233 e. The van der Waals surface area contributed by atoms with E-state index in [2.05, 4.69) is 34.7 Å². The number of rotatable bonds is 8. The third kappa shape index (κ3) is 4.27. The summed E-state index contributed by atoms with van der Waals surface area (Å²) in [5.74, 6) is 1.15. The van der Waals surface area contributed by atoms with Gasteiger partial charge in [-0.3, -0.25) is 19.5 Å². The number of nitrogens with zero attached hydrogens (tertiary/aromatic N) is 3. The molecular formula is C23H37N5O2. The van der Waals surface area contributed by atoms with E-state index in [1.54, 1.807) is 0 Å². The van der Waals surface area contributed by atoms with Gasteiger partial charge in [0.05, 0.1) is 18.4 Å². The first-order valence-corrected chi connectivity index (χ1v) is 11.9. The van der Waals surface area contributed by atoms with Crippen molar-refractivity contribution in [2.75, 3.05) is 39.8 Å². The van der Waals surface area contributed by atoms with Crippen LogP contribution in [0.5, 0.6) is 0 Å². The van der Waals surface area contributed by atoms with Gasteiger partial charge in [-0.25, -0.2) is 0 Å². The number of carbonyl (C=O) groups excluding carboxylic acids is 2. The number of nitrogens with one attached hydrogen (secondary N) is 2. The number of allylic oxidation sites excluding steroid dienone is 2. The summed E-state index contributed by atoms with van der Waals surface area (Å²) in [6.45, 7) is 5.46. The quantitative estimate of drug-likeness (QED) is 0.273. The van der Waals surface area contributed by atoms with Crippen LogP contribution >= 0.6 is 0 Å². The van der Waals surface area contributed by atoms with Crippen molar-refractivity contribution in [1.82, 2.24) is 20.4 Å². The fraction of sp³-hybridized carbons (Fsp3) is 0.783. The number of hydrogen-bond acceptors (Lipinski definition) is 4. The maximum absolute atomic E-state index is 12.8. The Kier molecular flexibility index (Phi) is 6.76. The van der Waals surface area contributed by atoms with Crippen LogP contribution in [0.3, 0.4) is 0 Å². The predicted octanol–water partition coefficient (Wildman–Crippen LogP) is 1.61. The third-order valence-electron chi connectivity index (χ3n) is 7.45. The summed E-state index contributed by atoms with van der Waals surface area (Å²) in [4.78, 5) is 34.2. The Hall–Kier alpha value is -1.89. The molecule has 4 atom stereocenters. The minimum absolute atomic E-state index is 0.0275. The van der Waals surface area contributed by atoms with E-state index in [-0.39, 0.29) is 35.5 Å². The highest BCUT2D eigenvalue weighted by atomic mass is 16.2. The molecule has 0 aromatic carbocycles. The maximum Gasteiger partial charge on any atom is 0.233 e. The largest absolute Gasteiger partial charge is 0.357 e. The average molecular weight is 416 g/mol. The molecule has 7 heteroatoms. The number of carbonyl (C=O) groups is 2. The number of aliphatic imine (C=N–C) groups is 1. The highest BCUT2D eigenvalue weighted by Crippen LogP contribution is 2.52. The fourth-order valence-electron chi connectivity index (χ4n) is 5.84. The summed E-state index contributed by atoms with van der Waals surface area (Å²) < 4.78 is 0. The van der Waals surface area contributed by atoms with Crippen molar-refractivity contribution in [3.8, 4) is 0 Å². The van der Waals surface area contributed by atoms with Crippen molar-refractivity contribution in [1.29, 1.82) is 0 Å². The van der Waals surface area contributed by atoms with Gasteiger partial charge < -0.3 is 15.5 Å². The maximum atomic E-state index is 12.8. The van der Waals surface area contributed by atoms with Crippen molar-refractivity contribution in [2.45, 2.75) is 51.5 Å². The third-order valence-corrected chi connectivity index (χ3v) is 7.45. The molecule has 166 valence electrons. The first-order valence-electron chi connectivity index (χ1n) is 11.9. The van der Waals surface area contributed by atoms with E-state index in [9.17, 15) is 9.59 Å². The van der Waals surface area contributed by atoms with Gasteiger partial charge in [0.2, 0.25) is 11.8 Å². The van der Waals surface area contributed by atoms with Crippen molar-refractivity contribution in [3.05, 3.63) is 12.2 Å². The minimum atomic E-state index is -0.107. The molecule has 7 nitrogen and oxygen atoms in total. The van der Waals surface area contributed by atoms with E-state index in [0.717, 1.165) is 32.0 Å². The van der Waals surface area contributed by atoms with Gasteiger partial charge in [-0.05, 0) is 45.1 Å². The van der Waals surface area contributed by atoms with Crippen LogP contribution < -0.4 is 10.6 Å².